The van der Waals surface area contributed by atoms with Crippen LogP contribution < -0.4 is 15.8 Å². The molecule has 0 spiro atoms. The van der Waals surface area contributed by atoms with Gasteiger partial charge in [-0.3, -0.25) is 0 Å². The molecule has 0 radical (unpaired) electrons. The van der Waals surface area contributed by atoms with Crippen molar-refractivity contribution in [1.29, 1.82) is 0 Å². The van der Waals surface area contributed by atoms with E-state index in [1.807, 2.05) is 26.0 Å². The highest BCUT2D eigenvalue weighted by Crippen LogP contribution is 2.25. The molecule has 0 saturated heterocycles. The van der Waals surface area contributed by atoms with Crippen LogP contribution in [-0.2, 0) is 16.4 Å². The molecule has 0 fully saturated rings. The Labute approximate surface area is 109 Å². The van der Waals surface area contributed by atoms with Crippen molar-refractivity contribution in [2.75, 3.05) is 30.4 Å². The van der Waals surface area contributed by atoms with Crippen molar-refractivity contribution in [3.63, 3.8) is 0 Å². The standard InChI is InChI=1S/C12H21N3O2S/c1-4-14-12-6-5-11(13)9(2)10(12)7-8-15-18(3,16)17/h5-6,14-15H,4,7-8,13H2,1-3H3. The van der Waals surface area contributed by atoms with Gasteiger partial charge in [-0.15, -0.1) is 0 Å². The van der Waals surface area contributed by atoms with Crippen LogP contribution >= 0.6 is 0 Å². The molecule has 0 amide bonds. The lowest BCUT2D eigenvalue weighted by atomic mass is 10.0. The second kappa shape index (κ2) is 6.06. The molecule has 0 bridgehead atoms. The fraction of sp³-hybridized carbons (Fsp3) is 0.500. The highest BCUT2D eigenvalue weighted by molar-refractivity contribution is 7.88. The first-order chi connectivity index (χ1) is 8.35. The summed E-state index contributed by atoms with van der Waals surface area (Å²) in [4.78, 5) is 0. The SMILES string of the molecule is CCNc1ccc(N)c(C)c1CCNS(C)(=O)=O. The number of nitrogens with two attached hydrogens (primary N) is 1. The van der Waals surface area contributed by atoms with Gasteiger partial charge in [0.05, 0.1) is 6.26 Å². The van der Waals surface area contributed by atoms with Gasteiger partial charge in [-0.25, -0.2) is 13.1 Å². The van der Waals surface area contributed by atoms with Gasteiger partial charge < -0.3 is 11.1 Å². The molecular formula is C12H21N3O2S. The van der Waals surface area contributed by atoms with Gasteiger partial charge in [0.2, 0.25) is 10.0 Å². The zero-order chi connectivity index (χ0) is 13.8. The number of hydrogen-bond donors (Lipinski definition) is 3. The smallest absolute Gasteiger partial charge is 0.208 e. The van der Waals surface area contributed by atoms with E-state index < -0.39 is 10.0 Å². The number of nitrogens with one attached hydrogen (secondary N) is 2. The molecule has 0 aromatic heterocycles. The van der Waals surface area contributed by atoms with Gasteiger partial charge in [0.25, 0.3) is 0 Å². The molecule has 18 heavy (non-hydrogen) atoms. The summed E-state index contributed by atoms with van der Waals surface area (Å²) in [6.45, 7) is 5.16. The second-order valence-corrected chi connectivity index (χ2v) is 6.09. The predicted octanol–water partition coefficient (Wildman–Crippen LogP) is 1.10. The normalized spacial score (nSPS) is 11.5. The molecule has 0 atom stereocenters. The number of anilines is 2. The van der Waals surface area contributed by atoms with Gasteiger partial charge in [0.15, 0.2) is 0 Å². The van der Waals surface area contributed by atoms with Gasteiger partial charge in [-0.1, -0.05) is 0 Å². The number of benzene rings is 1. The molecule has 6 heteroatoms. The maximum Gasteiger partial charge on any atom is 0.208 e. The monoisotopic (exact) mass is 271 g/mol. The number of sulfonamides is 1. The minimum Gasteiger partial charge on any atom is -0.399 e. The summed E-state index contributed by atoms with van der Waals surface area (Å²) in [5.41, 5.74) is 9.68. The van der Waals surface area contributed by atoms with E-state index in [1.165, 1.54) is 0 Å². The maximum atomic E-state index is 11.0. The summed E-state index contributed by atoms with van der Waals surface area (Å²) in [5, 5.41) is 3.26. The number of rotatable bonds is 6. The van der Waals surface area contributed by atoms with E-state index in [0.717, 1.165) is 35.3 Å². The van der Waals surface area contributed by atoms with Gasteiger partial charge in [-0.05, 0) is 43.5 Å². The maximum absolute atomic E-state index is 11.0. The summed E-state index contributed by atoms with van der Waals surface area (Å²) in [7, 11) is -3.14. The summed E-state index contributed by atoms with van der Waals surface area (Å²) in [6.07, 6.45) is 1.77. The van der Waals surface area contributed by atoms with E-state index in [1.54, 1.807) is 0 Å². The molecule has 1 rings (SSSR count). The quantitative estimate of drug-likeness (QED) is 0.676. The zero-order valence-electron chi connectivity index (χ0n) is 11.1. The summed E-state index contributed by atoms with van der Waals surface area (Å²) in [5.74, 6) is 0. The van der Waals surface area contributed by atoms with E-state index in [9.17, 15) is 8.42 Å². The Bertz CT molecular complexity index is 512. The number of nitrogen functional groups attached to an aromatic ring is 1. The van der Waals surface area contributed by atoms with Crippen molar-refractivity contribution in [2.45, 2.75) is 20.3 Å². The Morgan fingerprint density at radius 2 is 2.00 bits per heavy atom. The molecule has 102 valence electrons. The molecule has 1 aromatic carbocycles. The first-order valence-electron chi connectivity index (χ1n) is 5.91. The molecule has 0 aliphatic heterocycles. The third-order valence-electron chi connectivity index (χ3n) is 2.75. The lowest BCUT2D eigenvalue weighted by molar-refractivity contribution is 0.588. The zero-order valence-corrected chi connectivity index (χ0v) is 11.9. The minimum atomic E-state index is -3.14. The predicted molar refractivity (Wildman–Crippen MR) is 76.3 cm³/mol. The van der Waals surface area contributed by atoms with Crippen LogP contribution in [0.2, 0.25) is 0 Å². The molecule has 5 nitrogen and oxygen atoms in total. The average molecular weight is 271 g/mol. The van der Waals surface area contributed by atoms with Gasteiger partial charge in [-0.2, -0.15) is 0 Å². The Morgan fingerprint density at radius 3 is 2.56 bits per heavy atom. The molecule has 4 N–H and O–H groups in total. The van der Waals surface area contributed by atoms with Crippen LogP contribution in [0, 0.1) is 6.92 Å². The Balaban J connectivity index is 2.88. The molecule has 0 heterocycles. The summed E-state index contributed by atoms with van der Waals surface area (Å²) in [6, 6.07) is 3.79. The molecule has 0 aliphatic rings. The molecule has 0 unspecified atom stereocenters. The topological polar surface area (TPSA) is 84.2 Å². The van der Waals surface area contributed by atoms with E-state index in [2.05, 4.69) is 10.0 Å². The van der Waals surface area contributed by atoms with Crippen LogP contribution in [0.5, 0.6) is 0 Å². The van der Waals surface area contributed by atoms with Crippen LogP contribution in [0.3, 0.4) is 0 Å². The van der Waals surface area contributed by atoms with Crippen LogP contribution in [0.4, 0.5) is 11.4 Å². The fourth-order valence-corrected chi connectivity index (χ4v) is 2.29. The number of hydrogen-bond acceptors (Lipinski definition) is 4. The van der Waals surface area contributed by atoms with Crippen LogP contribution in [-0.4, -0.2) is 27.8 Å². The molecular weight excluding hydrogens is 250 g/mol. The Hall–Kier alpha value is -1.27. The lowest BCUT2D eigenvalue weighted by Crippen LogP contribution is -2.24. The van der Waals surface area contributed by atoms with Crippen LogP contribution in [0.15, 0.2) is 12.1 Å². The Kier molecular flexibility index (Phi) is 4.98. The average Bonchev–Trinajstić information content (AvgIpc) is 2.26. The summed E-state index contributed by atoms with van der Waals surface area (Å²) < 4.78 is 24.6. The third kappa shape index (κ3) is 4.19. The van der Waals surface area contributed by atoms with Crippen molar-refractivity contribution in [3.8, 4) is 0 Å². The van der Waals surface area contributed by atoms with Crippen LogP contribution in [0.1, 0.15) is 18.1 Å². The van der Waals surface area contributed by atoms with E-state index in [-0.39, 0.29) is 0 Å². The fourth-order valence-electron chi connectivity index (χ4n) is 1.81. The lowest BCUT2D eigenvalue weighted by Gasteiger charge is -2.15. The summed E-state index contributed by atoms with van der Waals surface area (Å²) >= 11 is 0. The first kappa shape index (κ1) is 14.8. The largest absolute Gasteiger partial charge is 0.399 e. The third-order valence-corrected chi connectivity index (χ3v) is 3.48. The minimum absolute atomic E-state index is 0.377. The van der Waals surface area contributed by atoms with Crippen molar-refractivity contribution in [2.24, 2.45) is 0 Å². The molecule has 0 saturated carbocycles. The Morgan fingerprint density at radius 1 is 1.33 bits per heavy atom. The molecule has 0 aliphatic carbocycles. The highest BCUT2D eigenvalue weighted by atomic mass is 32.2. The highest BCUT2D eigenvalue weighted by Gasteiger charge is 2.09. The van der Waals surface area contributed by atoms with Crippen molar-refractivity contribution < 1.29 is 8.42 Å². The van der Waals surface area contributed by atoms with Gasteiger partial charge in [0, 0.05) is 24.5 Å². The van der Waals surface area contributed by atoms with Crippen molar-refractivity contribution >= 4 is 21.4 Å². The van der Waals surface area contributed by atoms with Gasteiger partial charge >= 0.3 is 0 Å². The van der Waals surface area contributed by atoms with E-state index in [0.29, 0.717) is 13.0 Å². The molecule has 1 aromatic rings. The first-order valence-corrected chi connectivity index (χ1v) is 7.80. The van der Waals surface area contributed by atoms with Crippen molar-refractivity contribution in [3.05, 3.63) is 23.3 Å². The van der Waals surface area contributed by atoms with E-state index >= 15 is 0 Å². The second-order valence-electron chi connectivity index (χ2n) is 4.25. The van der Waals surface area contributed by atoms with Crippen LogP contribution in [0.25, 0.3) is 0 Å². The van der Waals surface area contributed by atoms with Gasteiger partial charge in [0.1, 0.15) is 0 Å². The van der Waals surface area contributed by atoms with Crippen molar-refractivity contribution in [1.82, 2.24) is 4.72 Å². The van der Waals surface area contributed by atoms with E-state index in [4.69, 9.17) is 5.73 Å².